The number of benzene rings is 5. The highest BCUT2D eigenvalue weighted by Gasteiger charge is 2.52. The van der Waals surface area contributed by atoms with Crippen LogP contribution < -0.4 is 14.5 Å². The molecule has 268 valence electrons. The molecule has 53 heavy (non-hydrogen) atoms. The molecule has 0 unspecified atom stereocenters. The van der Waals surface area contributed by atoms with E-state index in [0.717, 1.165) is 11.1 Å². The third-order valence-corrected chi connectivity index (χ3v) is 9.96. The Hall–Kier alpha value is -5.74. The van der Waals surface area contributed by atoms with Gasteiger partial charge in [-0.1, -0.05) is 97.4 Å². The lowest BCUT2D eigenvalue weighted by Crippen LogP contribution is -2.44. The molecular formula is C43H38ClN3O6. The molecule has 2 atom stereocenters. The van der Waals surface area contributed by atoms with Crippen LogP contribution in [0.3, 0.4) is 0 Å². The average Bonchev–Trinajstić information content (AvgIpc) is 3.29. The van der Waals surface area contributed by atoms with Gasteiger partial charge in [0.2, 0.25) is 5.91 Å². The Balaban J connectivity index is 1.10. The average molecular weight is 728 g/mol. The summed E-state index contributed by atoms with van der Waals surface area (Å²) < 4.78 is 6.13. The highest BCUT2D eigenvalue weighted by atomic mass is 35.5. The number of halogens is 1. The molecule has 0 fully saturated rings. The topological polar surface area (TPSA) is 111 Å². The minimum absolute atomic E-state index is 0.0294. The number of aliphatic hydroxyl groups excluding tert-OH is 1. The van der Waals surface area contributed by atoms with E-state index in [1.807, 2.05) is 84.9 Å². The Kier molecular flexibility index (Phi) is 10.1. The van der Waals surface area contributed by atoms with E-state index in [1.54, 1.807) is 65.3 Å². The highest BCUT2D eigenvalue weighted by molar-refractivity contribution is 6.31. The van der Waals surface area contributed by atoms with Gasteiger partial charge in [0, 0.05) is 41.7 Å². The summed E-state index contributed by atoms with van der Waals surface area (Å²) in [4.78, 5) is 46.0. The van der Waals surface area contributed by atoms with Gasteiger partial charge in [-0.3, -0.25) is 19.3 Å². The fourth-order valence-corrected chi connectivity index (χ4v) is 7.10. The fraction of sp³-hybridized carbons (Fsp3) is 0.186. The third-order valence-electron chi connectivity index (χ3n) is 9.73. The Morgan fingerprint density at radius 1 is 0.868 bits per heavy atom. The molecule has 0 aromatic heterocycles. The second-order valence-corrected chi connectivity index (χ2v) is 13.6. The number of para-hydroxylation sites is 3. The second-order valence-electron chi connectivity index (χ2n) is 13.1. The molecule has 2 heterocycles. The summed E-state index contributed by atoms with van der Waals surface area (Å²) in [7, 11) is 0. The zero-order chi connectivity index (χ0) is 37.1. The maximum absolute atomic E-state index is 14.2. The van der Waals surface area contributed by atoms with Crippen molar-refractivity contribution in [2.75, 3.05) is 23.0 Å². The van der Waals surface area contributed by atoms with Crippen LogP contribution in [-0.2, 0) is 28.3 Å². The Morgan fingerprint density at radius 2 is 1.57 bits per heavy atom. The van der Waals surface area contributed by atoms with E-state index in [2.05, 4.69) is 0 Å². The molecule has 3 amide bonds. The maximum atomic E-state index is 14.2. The van der Waals surface area contributed by atoms with Crippen molar-refractivity contribution < 1.29 is 29.3 Å². The summed E-state index contributed by atoms with van der Waals surface area (Å²) in [6, 6.07) is 36.4. The zero-order valence-electron chi connectivity index (χ0n) is 29.1. The van der Waals surface area contributed by atoms with Gasteiger partial charge in [0.05, 0.1) is 30.1 Å². The number of aliphatic hydroxyl groups is 2. The smallest absolute Gasteiger partial charge is 0.266 e. The molecule has 0 saturated heterocycles. The van der Waals surface area contributed by atoms with Gasteiger partial charge in [-0.15, -0.1) is 0 Å². The standard InChI is InChI=1S/C43H38ClN3O6/c1-29(10-9-17-40(49)45(24-25-48)27-30-11-3-2-4-12-30)43(52)35-26-32(44)20-23-36(35)46(42(43)51)28-31-18-21-33(22-19-31)47-37-14-6-8-16-39(37)53-38-15-7-5-13-34(38)41(47)50/h2-16,18-23,26,29,48,52H,17,24-25,27-28H2,1H3/b10-9+/t29-,43+/m1/s1. The molecule has 0 bridgehead atoms. The van der Waals surface area contributed by atoms with E-state index in [1.165, 1.54) is 4.90 Å². The molecule has 0 spiro atoms. The first-order valence-corrected chi connectivity index (χ1v) is 17.8. The summed E-state index contributed by atoms with van der Waals surface area (Å²) >= 11 is 6.40. The van der Waals surface area contributed by atoms with Crippen molar-refractivity contribution in [1.82, 2.24) is 4.90 Å². The number of rotatable bonds is 11. The fourth-order valence-electron chi connectivity index (χ4n) is 6.93. The summed E-state index contributed by atoms with van der Waals surface area (Å²) in [5.41, 5.74) is 2.36. The number of amides is 3. The zero-order valence-corrected chi connectivity index (χ0v) is 29.8. The van der Waals surface area contributed by atoms with Crippen LogP contribution in [0.4, 0.5) is 17.1 Å². The van der Waals surface area contributed by atoms with E-state index in [4.69, 9.17) is 16.3 Å². The largest absolute Gasteiger partial charge is 0.454 e. The van der Waals surface area contributed by atoms with Gasteiger partial charge in [0.15, 0.2) is 11.4 Å². The van der Waals surface area contributed by atoms with Crippen molar-refractivity contribution in [2.24, 2.45) is 5.92 Å². The van der Waals surface area contributed by atoms with Crippen molar-refractivity contribution in [1.29, 1.82) is 0 Å². The van der Waals surface area contributed by atoms with Crippen molar-refractivity contribution in [2.45, 2.75) is 32.0 Å². The lowest BCUT2D eigenvalue weighted by Gasteiger charge is -2.28. The first-order valence-electron chi connectivity index (χ1n) is 17.4. The Bertz CT molecular complexity index is 2190. The van der Waals surface area contributed by atoms with Crippen LogP contribution in [0.2, 0.25) is 5.02 Å². The summed E-state index contributed by atoms with van der Waals surface area (Å²) in [6.07, 6.45) is 3.36. The summed E-state index contributed by atoms with van der Waals surface area (Å²) in [5.74, 6) is -0.623. The molecule has 0 aliphatic carbocycles. The lowest BCUT2D eigenvalue weighted by molar-refractivity contribution is -0.139. The second kappa shape index (κ2) is 15.1. The maximum Gasteiger partial charge on any atom is 0.266 e. The van der Waals surface area contributed by atoms with Gasteiger partial charge in [-0.05, 0) is 65.7 Å². The number of nitrogens with zero attached hydrogens (tertiary/aromatic N) is 3. The molecule has 10 heteroatoms. The third kappa shape index (κ3) is 6.94. The number of carbonyl (C=O) groups is 3. The van der Waals surface area contributed by atoms with Crippen molar-refractivity contribution >= 4 is 46.4 Å². The van der Waals surface area contributed by atoms with E-state index >= 15 is 0 Å². The molecule has 5 aromatic rings. The Labute approximate surface area is 312 Å². The molecule has 0 saturated carbocycles. The number of anilines is 3. The molecule has 5 aromatic carbocycles. The first-order chi connectivity index (χ1) is 25.7. The van der Waals surface area contributed by atoms with Gasteiger partial charge in [0.25, 0.3) is 11.8 Å². The molecular weight excluding hydrogens is 690 g/mol. The number of hydrogen-bond donors (Lipinski definition) is 2. The number of carbonyl (C=O) groups excluding carboxylic acids is 3. The van der Waals surface area contributed by atoms with Crippen LogP contribution in [0.15, 0.2) is 133 Å². The van der Waals surface area contributed by atoms with Crippen LogP contribution in [0.5, 0.6) is 11.5 Å². The van der Waals surface area contributed by atoms with Crippen LogP contribution in [0.25, 0.3) is 0 Å². The highest BCUT2D eigenvalue weighted by Crippen LogP contribution is 2.47. The number of hydrogen-bond acceptors (Lipinski definition) is 6. The molecule has 2 aliphatic heterocycles. The lowest BCUT2D eigenvalue weighted by atomic mass is 9.83. The van der Waals surface area contributed by atoms with Crippen LogP contribution in [0.1, 0.15) is 40.4 Å². The normalized spacial score (nSPS) is 16.8. The summed E-state index contributed by atoms with van der Waals surface area (Å²) in [5, 5.41) is 22.1. The molecule has 2 aliphatic rings. The minimum Gasteiger partial charge on any atom is -0.454 e. The summed E-state index contributed by atoms with van der Waals surface area (Å²) in [6.45, 7) is 2.26. The van der Waals surface area contributed by atoms with Gasteiger partial charge in [-0.25, -0.2) is 0 Å². The SMILES string of the molecule is C[C@H](/C=C/CC(=O)N(CCO)Cc1ccccc1)[C@@]1(O)C(=O)N(Cc2ccc(N3C(=O)c4ccccc4Oc4ccccc43)cc2)c2ccc(Cl)cc21. The van der Waals surface area contributed by atoms with Crippen molar-refractivity contribution in [3.8, 4) is 11.5 Å². The van der Waals surface area contributed by atoms with Crippen molar-refractivity contribution in [3.05, 3.63) is 161 Å². The van der Waals surface area contributed by atoms with Crippen LogP contribution >= 0.6 is 11.6 Å². The molecule has 9 nitrogen and oxygen atoms in total. The van der Waals surface area contributed by atoms with Crippen molar-refractivity contribution in [3.63, 3.8) is 0 Å². The van der Waals surface area contributed by atoms with Gasteiger partial charge < -0.3 is 24.7 Å². The predicted octanol–water partition coefficient (Wildman–Crippen LogP) is 7.76. The Morgan fingerprint density at radius 3 is 2.32 bits per heavy atom. The number of ether oxygens (including phenoxy) is 1. The van der Waals surface area contributed by atoms with Crippen LogP contribution in [0, 0.1) is 5.92 Å². The van der Waals surface area contributed by atoms with E-state index in [-0.39, 0.29) is 37.9 Å². The first kappa shape index (κ1) is 35.7. The molecule has 7 rings (SSSR count). The van der Waals surface area contributed by atoms with E-state index in [9.17, 15) is 24.6 Å². The van der Waals surface area contributed by atoms with Crippen LogP contribution in [-0.4, -0.2) is 46.0 Å². The van der Waals surface area contributed by atoms with E-state index in [0.29, 0.717) is 51.3 Å². The number of fused-ring (bicyclic) bond motifs is 3. The molecule has 2 N–H and O–H groups in total. The van der Waals surface area contributed by atoms with Gasteiger partial charge in [0.1, 0.15) is 5.75 Å². The van der Waals surface area contributed by atoms with Gasteiger partial charge in [-0.2, -0.15) is 0 Å². The van der Waals surface area contributed by atoms with Gasteiger partial charge >= 0.3 is 0 Å². The minimum atomic E-state index is -1.94. The molecule has 0 radical (unpaired) electrons. The van der Waals surface area contributed by atoms with E-state index < -0.39 is 17.4 Å². The quantitative estimate of drug-likeness (QED) is 0.135. The monoisotopic (exact) mass is 727 g/mol. The predicted molar refractivity (Wildman–Crippen MR) is 204 cm³/mol.